The highest BCUT2D eigenvalue weighted by Gasteiger charge is 2.38. The predicted octanol–water partition coefficient (Wildman–Crippen LogP) is -8.93. The number of carboxylic acid groups (broad SMARTS) is 11. The predicted molar refractivity (Wildman–Crippen MR) is 264 cm³/mol. The summed E-state index contributed by atoms with van der Waals surface area (Å²) in [6.45, 7) is 0. The third kappa shape index (κ3) is 31.2. The minimum atomic E-state index is -2.53. The molecule has 9 amide bonds. The maximum Gasteiger partial charge on any atom is 0.326 e. The van der Waals surface area contributed by atoms with Crippen molar-refractivity contribution in [2.24, 2.45) is 5.73 Å². The summed E-state index contributed by atoms with van der Waals surface area (Å²) in [5, 5.41) is 119. The van der Waals surface area contributed by atoms with Crippen LogP contribution in [0.25, 0.3) is 0 Å². The SMILES string of the molecule is N[C@@H](CCC(=O)O)C(=O)N[C@@H](CCC(=O)O)C(=O)N[C@@H](CCC(=O)O)C(=O)N[C@@H](CCC(=O)O)C(=O)N[C@@H](CC(=O)O)C(=O)N[C@@H](CC(=O)O)C(=O)N[C@@H](CC(=O)O)C(=O)N[C@@H](CC(=O)O)C(=O)N[C@@H](CC(=O)O)C(=O)N[C@@H](CC(=O)O)C(=O)O. The zero-order chi connectivity index (χ0) is 65.6. The van der Waals surface area contributed by atoms with Crippen molar-refractivity contribution in [3.05, 3.63) is 0 Å². The smallest absolute Gasteiger partial charge is 0.326 e. The van der Waals surface area contributed by atoms with Gasteiger partial charge in [-0.15, -0.1) is 0 Å². The number of carbonyl (C=O) groups is 20. The van der Waals surface area contributed by atoms with Crippen LogP contribution < -0.4 is 53.6 Å². The molecular formula is C44H60N10O31. The molecule has 0 bridgehead atoms. The second kappa shape index (κ2) is 36.7. The van der Waals surface area contributed by atoms with Crippen LogP contribution in [-0.2, 0) is 95.9 Å². The number of nitrogens with two attached hydrogens (primary N) is 1. The van der Waals surface area contributed by atoms with Crippen molar-refractivity contribution in [1.82, 2.24) is 47.9 Å². The maximum atomic E-state index is 13.8. The molecule has 0 aliphatic rings. The molecule has 0 saturated heterocycles. The molecule has 85 heavy (non-hydrogen) atoms. The van der Waals surface area contributed by atoms with Crippen molar-refractivity contribution >= 4 is 119 Å². The molecule has 0 aromatic rings. The molecule has 0 heterocycles. The molecule has 0 aliphatic heterocycles. The summed E-state index contributed by atoms with van der Waals surface area (Å²) in [7, 11) is 0. The number of hydrogen-bond acceptors (Lipinski definition) is 21. The molecule has 472 valence electrons. The summed E-state index contributed by atoms with van der Waals surface area (Å²) in [6.07, 6.45) is -15.3. The van der Waals surface area contributed by atoms with E-state index in [2.05, 4.69) is 5.32 Å². The molecule has 41 nitrogen and oxygen atoms in total. The van der Waals surface area contributed by atoms with Crippen LogP contribution in [0.1, 0.15) is 89.9 Å². The molecule has 22 N–H and O–H groups in total. The summed E-state index contributed by atoms with van der Waals surface area (Å²) in [5.41, 5.74) is 5.66. The first-order valence-corrected chi connectivity index (χ1v) is 24.2. The van der Waals surface area contributed by atoms with E-state index < -0.39 is 269 Å². The van der Waals surface area contributed by atoms with Crippen LogP contribution in [0.2, 0.25) is 0 Å². The first-order chi connectivity index (χ1) is 39.3. The van der Waals surface area contributed by atoms with E-state index in [0.29, 0.717) is 0 Å². The van der Waals surface area contributed by atoms with Crippen molar-refractivity contribution in [3.8, 4) is 0 Å². The molecule has 0 aromatic heterocycles. The standard InChI is InChI=1S/C44H60N10O31/c45-15(1-5-25(55)56)35(75)46-16(2-6-26(57)58)36(76)47-17(3-7-27(59)60)37(77)48-18(4-8-28(61)62)38(78)49-19(9-29(63)64)39(79)50-20(10-30(65)66)40(80)51-21(11-31(67)68)41(81)52-22(12-32(69)70)42(82)53-23(13-33(71)72)43(83)54-24(44(84)85)14-34(73)74/h15-24H,1-14,45H2,(H,46,75)(H,47,76)(H,48,77)(H,49,78)(H,50,79)(H,51,80)(H,52,81)(H,53,82)(H,54,83)(H,55,56)(H,57,58)(H,59,60)(H,61,62)(H,63,64)(H,65,66)(H,67,68)(H,69,70)(H,71,72)(H,73,74)(H,84,85)/t15-,16-,17-,18-,19-,20-,21-,22-,23-,24-/m0/s1. The fourth-order valence-corrected chi connectivity index (χ4v) is 6.77. The lowest BCUT2D eigenvalue weighted by molar-refractivity contribution is -0.148. The molecule has 0 rings (SSSR count). The van der Waals surface area contributed by atoms with Gasteiger partial charge in [-0.05, 0) is 25.7 Å². The second-order valence-electron chi connectivity index (χ2n) is 17.8. The number of aliphatic carboxylic acids is 11. The van der Waals surface area contributed by atoms with Gasteiger partial charge in [-0.1, -0.05) is 0 Å². The summed E-state index contributed by atoms with van der Waals surface area (Å²) < 4.78 is 0. The molecule has 10 atom stereocenters. The summed E-state index contributed by atoms with van der Waals surface area (Å²) in [6, 6.07) is -22.3. The highest BCUT2D eigenvalue weighted by atomic mass is 16.4. The maximum absolute atomic E-state index is 13.8. The fourth-order valence-electron chi connectivity index (χ4n) is 6.77. The summed E-state index contributed by atoms with van der Waals surface area (Å²) in [4.78, 5) is 247. The normalized spacial score (nSPS) is 14.2. The third-order valence-electron chi connectivity index (χ3n) is 10.9. The van der Waals surface area contributed by atoms with Crippen LogP contribution in [0.4, 0.5) is 0 Å². The van der Waals surface area contributed by atoms with Crippen molar-refractivity contribution < 1.29 is 152 Å². The lowest BCUT2D eigenvalue weighted by Gasteiger charge is -2.27. The van der Waals surface area contributed by atoms with Gasteiger partial charge in [0.15, 0.2) is 0 Å². The van der Waals surface area contributed by atoms with Gasteiger partial charge in [0.1, 0.15) is 54.4 Å². The Labute approximate surface area is 474 Å². The van der Waals surface area contributed by atoms with Crippen LogP contribution in [0.15, 0.2) is 0 Å². The first-order valence-electron chi connectivity index (χ1n) is 24.2. The third-order valence-corrected chi connectivity index (χ3v) is 10.9. The van der Waals surface area contributed by atoms with Gasteiger partial charge in [0, 0.05) is 25.7 Å². The Hall–Kier alpha value is -10.6. The number of carboxylic acids is 11. The van der Waals surface area contributed by atoms with E-state index in [1.165, 1.54) is 0 Å². The molecule has 0 radical (unpaired) electrons. The van der Waals surface area contributed by atoms with E-state index in [1.807, 2.05) is 10.6 Å². The molecule has 0 aliphatic carbocycles. The van der Waals surface area contributed by atoms with Gasteiger partial charge in [0.05, 0.1) is 44.6 Å². The highest BCUT2D eigenvalue weighted by molar-refractivity contribution is 6.01. The van der Waals surface area contributed by atoms with Gasteiger partial charge in [-0.3, -0.25) is 91.1 Å². The van der Waals surface area contributed by atoms with E-state index in [4.69, 9.17) is 15.9 Å². The van der Waals surface area contributed by atoms with E-state index in [0.717, 1.165) is 0 Å². The minimum Gasteiger partial charge on any atom is -0.481 e. The quantitative estimate of drug-likeness (QED) is 0.0270. The lowest BCUT2D eigenvalue weighted by atomic mass is 10.0. The summed E-state index contributed by atoms with van der Waals surface area (Å²) >= 11 is 0. The van der Waals surface area contributed by atoms with Crippen molar-refractivity contribution in [3.63, 3.8) is 0 Å². The molecule has 0 aromatic carbocycles. The van der Waals surface area contributed by atoms with Crippen molar-refractivity contribution in [1.29, 1.82) is 0 Å². The van der Waals surface area contributed by atoms with E-state index >= 15 is 0 Å². The molecule has 0 spiro atoms. The van der Waals surface area contributed by atoms with Crippen LogP contribution in [0.3, 0.4) is 0 Å². The first kappa shape index (κ1) is 74.4. The van der Waals surface area contributed by atoms with Crippen LogP contribution >= 0.6 is 0 Å². The molecule has 41 heteroatoms. The largest absolute Gasteiger partial charge is 0.481 e. The molecule has 0 unspecified atom stereocenters. The minimum absolute atomic E-state index is 0.483. The van der Waals surface area contributed by atoms with E-state index in [-0.39, 0.29) is 0 Å². The Morgan fingerprint density at radius 1 is 0.224 bits per heavy atom. The number of carbonyl (C=O) groups excluding carboxylic acids is 9. The zero-order valence-electron chi connectivity index (χ0n) is 43.8. The molecule has 0 fully saturated rings. The van der Waals surface area contributed by atoms with Gasteiger partial charge < -0.3 is 110 Å². The van der Waals surface area contributed by atoms with Gasteiger partial charge in [0.25, 0.3) is 0 Å². The Morgan fingerprint density at radius 3 is 0.588 bits per heavy atom. The van der Waals surface area contributed by atoms with Gasteiger partial charge in [-0.25, -0.2) is 4.79 Å². The second-order valence-corrected chi connectivity index (χ2v) is 17.8. The number of rotatable bonds is 43. The lowest BCUT2D eigenvalue weighted by Crippen LogP contribution is -2.61. The zero-order valence-corrected chi connectivity index (χ0v) is 43.8. The molecule has 0 saturated carbocycles. The van der Waals surface area contributed by atoms with Crippen LogP contribution in [-0.4, -0.2) is 235 Å². The number of amides is 9. The Bertz CT molecular complexity index is 2610. The van der Waals surface area contributed by atoms with Crippen molar-refractivity contribution in [2.45, 2.75) is 150 Å². The number of nitrogens with one attached hydrogen (secondary N) is 9. The van der Waals surface area contributed by atoms with Gasteiger partial charge >= 0.3 is 65.7 Å². The highest BCUT2D eigenvalue weighted by Crippen LogP contribution is 2.10. The summed E-state index contributed by atoms with van der Waals surface area (Å²) in [5.74, 6) is -34.3. The topological polar surface area (TPSA) is 698 Å². The van der Waals surface area contributed by atoms with Gasteiger partial charge in [0.2, 0.25) is 53.2 Å². The van der Waals surface area contributed by atoms with E-state index in [1.54, 1.807) is 31.9 Å². The average Bonchev–Trinajstić information content (AvgIpc) is 3.59. The Morgan fingerprint density at radius 2 is 0.388 bits per heavy atom. The van der Waals surface area contributed by atoms with Gasteiger partial charge in [-0.2, -0.15) is 0 Å². The van der Waals surface area contributed by atoms with Crippen LogP contribution in [0.5, 0.6) is 0 Å². The van der Waals surface area contributed by atoms with E-state index in [9.17, 15) is 142 Å². The fraction of sp³-hybridized carbons (Fsp3) is 0.545. The van der Waals surface area contributed by atoms with Crippen molar-refractivity contribution in [2.75, 3.05) is 0 Å². The Kier molecular flexibility index (Phi) is 32.1. The average molecular weight is 1230 g/mol. The number of hydrogen-bond donors (Lipinski definition) is 21. The molecular weight excluding hydrogens is 1160 g/mol. The Balaban J connectivity index is 6.99. The monoisotopic (exact) mass is 1220 g/mol. The van der Waals surface area contributed by atoms with Crippen LogP contribution in [0, 0.1) is 0 Å².